The Morgan fingerprint density at radius 3 is 2.59 bits per heavy atom. The maximum atomic E-state index is 12.5. The van der Waals surface area contributed by atoms with Gasteiger partial charge in [0.25, 0.3) is 0 Å². The molecule has 0 aromatic rings. The van der Waals surface area contributed by atoms with Gasteiger partial charge in [-0.1, -0.05) is 0 Å². The standard InChI is InChI=1S/C17H33F3N6.HI/c1-21-16(23-15-5-10-26(13-15)14-17(18,19)20)22-6-3-8-25-9-4-7-24(2)11-12-25;/h15H,3-14H2,1-2H3,(H2,21,22,23);1H. The minimum Gasteiger partial charge on any atom is -0.356 e. The second-order valence-electron chi connectivity index (χ2n) is 7.33. The molecule has 2 fully saturated rings. The van der Waals surface area contributed by atoms with Crippen molar-refractivity contribution in [3.8, 4) is 0 Å². The molecule has 0 spiro atoms. The Balaban J connectivity index is 0.00000364. The van der Waals surface area contributed by atoms with E-state index >= 15 is 0 Å². The normalized spacial score (nSPS) is 23.7. The molecule has 0 bridgehead atoms. The molecule has 2 aliphatic rings. The van der Waals surface area contributed by atoms with Crippen LogP contribution in [-0.4, -0.2) is 106 Å². The molecule has 1 atom stereocenters. The van der Waals surface area contributed by atoms with Crippen molar-refractivity contribution in [3.05, 3.63) is 0 Å². The third kappa shape index (κ3) is 10.1. The minimum absolute atomic E-state index is 0. The van der Waals surface area contributed by atoms with Crippen LogP contribution in [0.4, 0.5) is 13.2 Å². The third-order valence-corrected chi connectivity index (χ3v) is 5.00. The van der Waals surface area contributed by atoms with Crippen molar-refractivity contribution in [1.82, 2.24) is 25.3 Å². The van der Waals surface area contributed by atoms with Crippen LogP contribution in [-0.2, 0) is 0 Å². The first-order valence-electron chi connectivity index (χ1n) is 9.53. The molecule has 0 aromatic heterocycles. The lowest BCUT2D eigenvalue weighted by Gasteiger charge is -2.21. The van der Waals surface area contributed by atoms with Crippen LogP contribution in [0.5, 0.6) is 0 Å². The van der Waals surface area contributed by atoms with Gasteiger partial charge in [-0.15, -0.1) is 24.0 Å². The van der Waals surface area contributed by atoms with Crippen molar-refractivity contribution < 1.29 is 13.2 Å². The molecule has 2 aliphatic heterocycles. The molecular formula is C17H34F3IN6. The van der Waals surface area contributed by atoms with Gasteiger partial charge in [0.2, 0.25) is 0 Å². The SMILES string of the molecule is CN=C(NCCCN1CCCN(C)CC1)NC1CCN(CC(F)(F)F)C1.I. The summed E-state index contributed by atoms with van der Waals surface area (Å²) in [5, 5.41) is 6.53. The smallest absolute Gasteiger partial charge is 0.356 e. The lowest BCUT2D eigenvalue weighted by molar-refractivity contribution is -0.143. The fraction of sp³-hybridized carbons (Fsp3) is 0.941. The van der Waals surface area contributed by atoms with Crippen LogP contribution in [0.3, 0.4) is 0 Å². The van der Waals surface area contributed by atoms with Gasteiger partial charge in [0.1, 0.15) is 0 Å². The topological polar surface area (TPSA) is 46.1 Å². The molecule has 2 rings (SSSR count). The Morgan fingerprint density at radius 2 is 1.89 bits per heavy atom. The van der Waals surface area contributed by atoms with Crippen LogP contribution in [0.2, 0.25) is 0 Å². The number of aliphatic imine (C=N–C) groups is 1. The molecule has 0 aromatic carbocycles. The van der Waals surface area contributed by atoms with Crippen molar-refractivity contribution in [2.75, 3.05) is 73.0 Å². The fourth-order valence-electron chi connectivity index (χ4n) is 3.57. The van der Waals surface area contributed by atoms with E-state index in [1.807, 2.05) is 0 Å². The largest absolute Gasteiger partial charge is 0.401 e. The van der Waals surface area contributed by atoms with Crippen molar-refractivity contribution in [2.45, 2.75) is 31.5 Å². The predicted molar refractivity (Wildman–Crippen MR) is 114 cm³/mol. The Bertz CT molecular complexity index is 449. The second-order valence-corrected chi connectivity index (χ2v) is 7.33. The number of likely N-dealkylation sites (tertiary alicyclic amines) is 1. The molecule has 2 heterocycles. The number of likely N-dealkylation sites (N-methyl/N-ethyl adjacent to an activating group) is 1. The molecule has 10 heteroatoms. The molecule has 160 valence electrons. The van der Waals surface area contributed by atoms with Crippen LogP contribution < -0.4 is 10.6 Å². The first-order chi connectivity index (χ1) is 12.4. The highest BCUT2D eigenvalue weighted by Gasteiger charge is 2.34. The second kappa shape index (κ2) is 12.3. The van der Waals surface area contributed by atoms with E-state index < -0.39 is 12.7 Å². The van der Waals surface area contributed by atoms with Gasteiger partial charge >= 0.3 is 6.18 Å². The van der Waals surface area contributed by atoms with Crippen molar-refractivity contribution >= 4 is 29.9 Å². The summed E-state index contributed by atoms with van der Waals surface area (Å²) >= 11 is 0. The summed E-state index contributed by atoms with van der Waals surface area (Å²) in [5.41, 5.74) is 0. The Hall–Kier alpha value is -0.330. The van der Waals surface area contributed by atoms with Crippen molar-refractivity contribution in [1.29, 1.82) is 0 Å². The first kappa shape index (κ1) is 24.7. The molecular weight excluding hydrogens is 472 g/mol. The van der Waals surface area contributed by atoms with E-state index in [0.29, 0.717) is 25.5 Å². The molecule has 1 unspecified atom stereocenters. The Labute approximate surface area is 177 Å². The van der Waals surface area contributed by atoms with Crippen LogP contribution in [0, 0.1) is 0 Å². The van der Waals surface area contributed by atoms with Crippen molar-refractivity contribution in [3.63, 3.8) is 0 Å². The van der Waals surface area contributed by atoms with Gasteiger partial charge in [0.15, 0.2) is 5.96 Å². The van der Waals surface area contributed by atoms with E-state index in [-0.39, 0.29) is 30.0 Å². The number of halogens is 4. The lowest BCUT2D eigenvalue weighted by Crippen LogP contribution is -2.45. The van der Waals surface area contributed by atoms with E-state index in [1.54, 1.807) is 7.05 Å². The van der Waals surface area contributed by atoms with E-state index in [0.717, 1.165) is 45.7 Å². The number of guanidine groups is 1. The number of alkyl halides is 3. The highest BCUT2D eigenvalue weighted by molar-refractivity contribution is 14.0. The highest BCUT2D eigenvalue weighted by atomic mass is 127. The van der Waals surface area contributed by atoms with Crippen LogP contribution in [0.25, 0.3) is 0 Å². The van der Waals surface area contributed by atoms with Gasteiger partial charge in [-0.3, -0.25) is 9.89 Å². The molecule has 0 radical (unpaired) electrons. The van der Waals surface area contributed by atoms with Gasteiger partial charge in [0, 0.05) is 45.8 Å². The van der Waals surface area contributed by atoms with Gasteiger partial charge in [-0.05, 0) is 45.9 Å². The zero-order valence-electron chi connectivity index (χ0n) is 16.4. The van der Waals surface area contributed by atoms with Gasteiger partial charge in [-0.2, -0.15) is 13.2 Å². The summed E-state index contributed by atoms with van der Waals surface area (Å²) in [5.74, 6) is 0.680. The molecule has 0 amide bonds. The first-order valence-corrected chi connectivity index (χ1v) is 9.53. The molecule has 2 saturated heterocycles. The summed E-state index contributed by atoms with van der Waals surface area (Å²) in [7, 11) is 3.86. The molecule has 2 N–H and O–H groups in total. The van der Waals surface area contributed by atoms with E-state index in [4.69, 9.17) is 0 Å². The maximum Gasteiger partial charge on any atom is 0.401 e. The zero-order valence-corrected chi connectivity index (χ0v) is 18.7. The average Bonchev–Trinajstić information content (AvgIpc) is 2.88. The van der Waals surface area contributed by atoms with E-state index in [2.05, 4.69) is 32.5 Å². The monoisotopic (exact) mass is 506 g/mol. The predicted octanol–water partition coefficient (Wildman–Crippen LogP) is 1.43. The number of nitrogens with one attached hydrogen (secondary N) is 2. The minimum atomic E-state index is -4.13. The number of hydrogen-bond acceptors (Lipinski definition) is 4. The lowest BCUT2D eigenvalue weighted by atomic mass is 10.3. The van der Waals surface area contributed by atoms with Gasteiger partial charge < -0.3 is 20.4 Å². The van der Waals surface area contributed by atoms with Crippen LogP contribution in [0.15, 0.2) is 4.99 Å². The Kier molecular flexibility index (Phi) is 11.2. The van der Waals surface area contributed by atoms with Gasteiger partial charge in [-0.25, -0.2) is 0 Å². The summed E-state index contributed by atoms with van der Waals surface area (Å²) < 4.78 is 37.4. The van der Waals surface area contributed by atoms with E-state index in [1.165, 1.54) is 11.3 Å². The summed E-state index contributed by atoms with van der Waals surface area (Å²) in [6, 6.07) is 0.0182. The maximum absolute atomic E-state index is 12.5. The van der Waals surface area contributed by atoms with Crippen molar-refractivity contribution in [2.24, 2.45) is 4.99 Å². The van der Waals surface area contributed by atoms with E-state index in [9.17, 15) is 13.2 Å². The molecule has 27 heavy (non-hydrogen) atoms. The number of hydrogen-bond donors (Lipinski definition) is 2. The average molecular weight is 506 g/mol. The van der Waals surface area contributed by atoms with Gasteiger partial charge in [0.05, 0.1) is 6.54 Å². The Morgan fingerprint density at radius 1 is 1.11 bits per heavy atom. The zero-order chi connectivity index (χ0) is 19.0. The number of rotatable bonds is 6. The summed E-state index contributed by atoms with van der Waals surface area (Å²) in [4.78, 5) is 10.5. The molecule has 0 saturated carbocycles. The van der Waals surface area contributed by atoms with Crippen LogP contribution >= 0.6 is 24.0 Å². The fourth-order valence-corrected chi connectivity index (χ4v) is 3.57. The quantitative estimate of drug-likeness (QED) is 0.247. The molecule has 6 nitrogen and oxygen atoms in total. The third-order valence-electron chi connectivity index (χ3n) is 5.00. The van der Waals surface area contributed by atoms with Crippen LogP contribution in [0.1, 0.15) is 19.3 Å². The molecule has 0 aliphatic carbocycles. The highest BCUT2D eigenvalue weighted by Crippen LogP contribution is 2.19. The number of nitrogens with zero attached hydrogens (tertiary/aromatic N) is 4. The summed E-state index contributed by atoms with van der Waals surface area (Å²) in [6.07, 6.45) is -1.19. The summed E-state index contributed by atoms with van der Waals surface area (Å²) in [6.45, 7) is 6.45.